The van der Waals surface area contributed by atoms with Crippen molar-refractivity contribution >= 4 is 11.7 Å². The first-order chi connectivity index (χ1) is 9.45. The van der Waals surface area contributed by atoms with Crippen LogP contribution in [0.15, 0.2) is 23.1 Å². The molecule has 0 aromatic carbocycles. The van der Waals surface area contributed by atoms with Gasteiger partial charge in [-0.1, -0.05) is 45.6 Å². The summed E-state index contributed by atoms with van der Waals surface area (Å²) in [5.41, 5.74) is 0.361. The van der Waals surface area contributed by atoms with Gasteiger partial charge in [0.2, 0.25) is 0 Å². The number of nitrogens with zero attached hydrogens (tertiary/aromatic N) is 1. The molecule has 0 aromatic heterocycles. The summed E-state index contributed by atoms with van der Waals surface area (Å²) in [6.07, 6.45) is 6.81. The van der Waals surface area contributed by atoms with E-state index in [-0.39, 0.29) is 23.0 Å². The Kier molecular flexibility index (Phi) is 5.99. The molecule has 112 valence electrons. The molecule has 1 amide bonds. The molecule has 0 saturated carbocycles. The summed E-state index contributed by atoms with van der Waals surface area (Å²) >= 11 is 0. The topological polar surface area (TPSA) is 57.6 Å². The van der Waals surface area contributed by atoms with Crippen molar-refractivity contribution in [2.45, 2.75) is 52.9 Å². The van der Waals surface area contributed by atoms with E-state index in [9.17, 15) is 14.7 Å². The molecule has 0 fully saturated rings. The predicted molar refractivity (Wildman–Crippen MR) is 79.1 cm³/mol. The molecule has 1 rings (SSSR count). The molecular weight excluding hydrogens is 254 g/mol. The van der Waals surface area contributed by atoms with Crippen molar-refractivity contribution in [2.75, 3.05) is 7.05 Å². The largest absolute Gasteiger partial charge is 0.505 e. The molecule has 0 spiro atoms. The Labute approximate surface area is 121 Å². The quantitative estimate of drug-likeness (QED) is 0.574. The van der Waals surface area contributed by atoms with Gasteiger partial charge in [-0.15, -0.1) is 0 Å². The zero-order valence-corrected chi connectivity index (χ0v) is 12.9. The number of aliphatic hydroxyl groups is 1. The van der Waals surface area contributed by atoms with E-state index in [1.54, 1.807) is 20.0 Å². The average Bonchev–Trinajstić information content (AvgIpc) is 2.64. The zero-order valence-electron chi connectivity index (χ0n) is 12.9. The summed E-state index contributed by atoms with van der Waals surface area (Å²) in [7, 11) is 1.57. The Balaban J connectivity index is 2.76. The van der Waals surface area contributed by atoms with Gasteiger partial charge in [-0.3, -0.25) is 9.59 Å². The first-order valence-corrected chi connectivity index (χ1v) is 7.37. The molecule has 1 heterocycles. The molecule has 1 N–H and O–H groups in total. The maximum absolute atomic E-state index is 12.3. The third kappa shape index (κ3) is 3.30. The SMILES string of the molecule is C/C=C1\C(O)=C(C(=O)C(C)CCCCCC)C(=O)N1C. The van der Waals surface area contributed by atoms with Gasteiger partial charge in [-0.05, 0) is 13.3 Å². The number of allylic oxidation sites excluding steroid dienone is 1. The summed E-state index contributed by atoms with van der Waals surface area (Å²) in [4.78, 5) is 25.7. The molecule has 0 aromatic rings. The molecule has 0 saturated heterocycles. The number of likely N-dealkylation sites (N-methyl/N-ethyl adjacent to an activating group) is 1. The predicted octanol–water partition coefficient (Wildman–Crippen LogP) is 3.35. The third-order valence-electron chi connectivity index (χ3n) is 3.82. The maximum atomic E-state index is 12.3. The Morgan fingerprint density at radius 1 is 1.35 bits per heavy atom. The van der Waals surface area contributed by atoms with Gasteiger partial charge in [-0.2, -0.15) is 0 Å². The number of hydrogen-bond acceptors (Lipinski definition) is 3. The Bertz CT molecular complexity index is 449. The maximum Gasteiger partial charge on any atom is 0.265 e. The number of amides is 1. The fourth-order valence-electron chi connectivity index (χ4n) is 2.47. The summed E-state index contributed by atoms with van der Waals surface area (Å²) in [5, 5.41) is 10.0. The van der Waals surface area contributed by atoms with Crippen molar-refractivity contribution in [3.8, 4) is 0 Å². The lowest BCUT2D eigenvalue weighted by Gasteiger charge is -2.12. The van der Waals surface area contributed by atoms with Crippen LogP contribution in [0.2, 0.25) is 0 Å². The number of hydrogen-bond donors (Lipinski definition) is 1. The molecule has 1 atom stereocenters. The van der Waals surface area contributed by atoms with Crippen molar-refractivity contribution in [2.24, 2.45) is 5.92 Å². The lowest BCUT2D eigenvalue weighted by molar-refractivity contribution is -0.127. The summed E-state index contributed by atoms with van der Waals surface area (Å²) in [6.45, 7) is 5.70. The number of ketones is 1. The van der Waals surface area contributed by atoms with Crippen molar-refractivity contribution in [1.29, 1.82) is 0 Å². The first kappa shape index (κ1) is 16.5. The van der Waals surface area contributed by atoms with E-state index >= 15 is 0 Å². The van der Waals surface area contributed by atoms with Crippen molar-refractivity contribution in [3.63, 3.8) is 0 Å². The van der Waals surface area contributed by atoms with Gasteiger partial charge < -0.3 is 10.0 Å². The highest BCUT2D eigenvalue weighted by Gasteiger charge is 2.37. The lowest BCUT2D eigenvalue weighted by Crippen LogP contribution is -2.25. The van der Waals surface area contributed by atoms with Crippen LogP contribution in [0.4, 0.5) is 0 Å². The molecule has 0 aliphatic carbocycles. The van der Waals surface area contributed by atoms with Gasteiger partial charge >= 0.3 is 0 Å². The molecule has 1 unspecified atom stereocenters. The van der Waals surface area contributed by atoms with E-state index in [1.165, 1.54) is 11.3 Å². The third-order valence-corrected chi connectivity index (χ3v) is 3.82. The van der Waals surface area contributed by atoms with E-state index in [2.05, 4.69) is 6.92 Å². The minimum atomic E-state index is -0.402. The summed E-state index contributed by atoms with van der Waals surface area (Å²) < 4.78 is 0. The van der Waals surface area contributed by atoms with E-state index in [0.717, 1.165) is 25.7 Å². The number of aliphatic hydroxyl groups excluding tert-OH is 1. The lowest BCUT2D eigenvalue weighted by atomic mass is 9.93. The molecule has 0 radical (unpaired) electrons. The standard InChI is InChI=1S/C16H25NO3/c1-5-7-8-9-10-11(3)14(18)13-15(19)12(6-2)17(4)16(13)20/h6,11,19H,5,7-10H2,1-4H3/b12-6+. The van der Waals surface area contributed by atoms with Crippen LogP contribution in [0.1, 0.15) is 52.9 Å². The fourth-order valence-corrected chi connectivity index (χ4v) is 2.47. The van der Waals surface area contributed by atoms with Crippen LogP contribution in [0.5, 0.6) is 0 Å². The molecule has 4 nitrogen and oxygen atoms in total. The van der Waals surface area contributed by atoms with Crippen molar-refractivity contribution in [3.05, 3.63) is 23.1 Å². The van der Waals surface area contributed by atoms with Crippen molar-refractivity contribution in [1.82, 2.24) is 4.90 Å². The average molecular weight is 279 g/mol. The fraction of sp³-hybridized carbons (Fsp3) is 0.625. The second-order valence-corrected chi connectivity index (χ2v) is 5.38. The van der Waals surface area contributed by atoms with Crippen LogP contribution < -0.4 is 0 Å². The Morgan fingerprint density at radius 3 is 2.50 bits per heavy atom. The molecule has 1 aliphatic rings. The minimum Gasteiger partial charge on any atom is -0.505 e. The van der Waals surface area contributed by atoms with Gasteiger partial charge in [0.25, 0.3) is 5.91 Å². The van der Waals surface area contributed by atoms with Crippen LogP contribution >= 0.6 is 0 Å². The van der Waals surface area contributed by atoms with Gasteiger partial charge in [0.15, 0.2) is 11.5 Å². The van der Waals surface area contributed by atoms with E-state index in [4.69, 9.17) is 0 Å². The Morgan fingerprint density at radius 2 is 2.00 bits per heavy atom. The first-order valence-electron chi connectivity index (χ1n) is 7.37. The van der Waals surface area contributed by atoms with Crippen LogP contribution in [0, 0.1) is 5.92 Å². The van der Waals surface area contributed by atoms with Gasteiger partial charge in [-0.25, -0.2) is 0 Å². The minimum absolute atomic E-state index is 0.0522. The summed E-state index contributed by atoms with van der Waals surface area (Å²) in [6, 6.07) is 0. The molecular formula is C16H25NO3. The van der Waals surface area contributed by atoms with Gasteiger partial charge in [0.05, 0.1) is 5.70 Å². The van der Waals surface area contributed by atoms with E-state index in [0.29, 0.717) is 5.70 Å². The van der Waals surface area contributed by atoms with Crippen LogP contribution in [-0.4, -0.2) is 28.7 Å². The molecule has 1 aliphatic heterocycles. The second kappa shape index (κ2) is 7.27. The smallest absolute Gasteiger partial charge is 0.265 e. The number of carbonyl (C=O) groups excluding carboxylic acids is 2. The highest BCUT2D eigenvalue weighted by Crippen LogP contribution is 2.29. The normalized spacial score (nSPS) is 19.1. The highest BCUT2D eigenvalue weighted by molar-refractivity contribution is 6.23. The van der Waals surface area contributed by atoms with Crippen LogP contribution in [0.25, 0.3) is 0 Å². The second-order valence-electron chi connectivity index (χ2n) is 5.38. The van der Waals surface area contributed by atoms with Gasteiger partial charge in [0, 0.05) is 13.0 Å². The summed E-state index contributed by atoms with van der Waals surface area (Å²) in [5.74, 6) is -1.04. The number of rotatable bonds is 7. The molecule has 4 heteroatoms. The molecule has 20 heavy (non-hydrogen) atoms. The number of Topliss-reactive ketones (excluding diaryl/α,β-unsaturated/α-hetero) is 1. The molecule has 0 bridgehead atoms. The van der Waals surface area contributed by atoms with Crippen LogP contribution in [-0.2, 0) is 9.59 Å². The Hall–Kier alpha value is -1.58. The number of carbonyl (C=O) groups is 2. The van der Waals surface area contributed by atoms with Gasteiger partial charge in [0.1, 0.15) is 5.57 Å². The van der Waals surface area contributed by atoms with Crippen LogP contribution in [0.3, 0.4) is 0 Å². The zero-order chi connectivity index (χ0) is 15.3. The van der Waals surface area contributed by atoms with E-state index in [1.807, 2.05) is 6.92 Å². The number of unbranched alkanes of at least 4 members (excludes halogenated alkanes) is 3. The highest BCUT2D eigenvalue weighted by atomic mass is 16.3. The van der Waals surface area contributed by atoms with E-state index < -0.39 is 5.91 Å². The monoisotopic (exact) mass is 279 g/mol. The van der Waals surface area contributed by atoms with Crippen molar-refractivity contribution < 1.29 is 14.7 Å².